The second kappa shape index (κ2) is 9.88. The fourth-order valence-corrected chi connectivity index (χ4v) is 3.84. The number of carbonyl (C=O) groups excluding carboxylic acids is 3. The van der Waals surface area contributed by atoms with Crippen LogP contribution in [0.25, 0.3) is 6.08 Å². The number of benzene rings is 2. The van der Waals surface area contributed by atoms with E-state index in [0.29, 0.717) is 5.71 Å². The van der Waals surface area contributed by atoms with Crippen LogP contribution in [0.15, 0.2) is 69.1 Å². The minimum Gasteiger partial charge on any atom is -0.318 e. The van der Waals surface area contributed by atoms with E-state index >= 15 is 0 Å². The van der Waals surface area contributed by atoms with Gasteiger partial charge in [-0.05, 0) is 60.6 Å². The van der Waals surface area contributed by atoms with Gasteiger partial charge in [0, 0.05) is 30.8 Å². The highest BCUT2D eigenvalue weighted by Gasteiger charge is 2.35. The quantitative estimate of drug-likeness (QED) is 0.167. The van der Waals surface area contributed by atoms with Crippen LogP contribution in [0.3, 0.4) is 0 Å². The summed E-state index contributed by atoms with van der Waals surface area (Å²) in [7, 11) is 3.10. The van der Waals surface area contributed by atoms with E-state index < -0.39 is 17.8 Å². The van der Waals surface area contributed by atoms with Crippen LogP contribution in [0.5, 0.6) is 0 Å². The molecule has 0 aliphatic carbocycles. The Hall–Kier alpha value is -3.30. The molecule has 2 amide bonds. The molecule has 0 N–H and O–H groups in total. The van der Waals surface area contributed by atoms with E-state index in [9.17, 15) is 14.4 Å². The van der Waals surface area contributed by atoms with Crippen molar-refractivity contribution in [1.29, 1.82) is 0 Å². The minimum absolute atomic E-state index is 0.0744. The lowest BCUT2D eigenvalue weighted by molar-refractivity contribution is -0.141. The van der Waals surface area contributed by atoms with Gasteiger partial charge >= 0.3 is 5.97 Å². The molecule has 1 aliphatic rings. The summed E-state index contributed by atoms with van der Waals surface area (Å²) in [4.78, 5) is 45.0. The van der Waals surface area contributed by atoms with E-state index in [0.717, 1.165) is 20.9 Å². The van der Waals surface area contributed by atoms with Gasteiger partial charge in [-0.1, -0.05) is 41.2 Å². The molecule has 1 fully saturated rings. The fraction of sp³-hybridized carbons (Fsp3) is 0.174. The first-order valence-corrected chi connectivity index (χ1v) is 10.8. The van der Waals surface area contributed by atoms with Crippen molar-refractivity contribution in [2.45, 2.75) is 23.6 Å². The van der Waals surface area contributed by atoms with Crippen LogP contribution in [-0.4, -0.2) is 52.5 Å². The van der Waals surface area contributed by atoms with E-state index in [1.165, 1.54) is 16.7 Å². The zero-order valence-corrected chi connectivity index (χ0v) is 19.6. The number of hydrogen-bond acceptors (Lipinski definition) is 7. The van der Waals surface area contributed by atoms with Gasteiger partial charge in [0.25, 0.3) is 11.8 Å². The zero-order chi connectivity index (χ0) is 23.4. The van der Waals surface area contributed by atoms with Crippen LogP contribution in [0.4, 0.5) is 0 Å². The molecule has 164 valence electrons. The molecule has 0 saturated carbocycles. The van der Waals surface area contributed by atoms with Crippen LogP contribution in [-0.2, 0) is 19.2 Å². The largest absolute Gasteiger partial charge is 0.331 e. The molecule has 2 aromatic carbocycles. The molecule has 0 aromatic heterocycles. The van der Waals surface area contributed by atoms with Gasteiger partial charge in [-0.25, -0.2) is 4.79 Å². The van der Waals surface area contributed by atoms with Gasteiger partial charge < -0.3 is 4.84 Å². The third kappa shape index (κ3) is 5.30. The van der Waals surface area contributed by atoms with E-state index in [1.54, 1.807) is 38.9 Å². The van der Waals surface area contributed by atoms with E-state index in [1.807, 2.05) is 48.5 Å². The first-order chi connectivity index (χ1) is 15.2. The topological polar surface area (TPSA) is 79.3 Å². The second-order valence-electron chi connectivity index (χ2n) is 7.02. The van der Waals surface area contributed by atoms with Crippen LogP contribution < -0.4 is 0 Å². The first kappa shape index (κ1) is 23.4. The Morgan fingerprint density at radius 2 is 1.44 bits per heavy atom. The molecule has 2 aromatic rings. The van der Waals surface area contributed by atoms with Gasteiger partial charge in [0.1, 0.15) is 5.57 Å². The Labute approximate surface area is 195 Å². The normalized spacial score (nSPS) is 14.7. The van der Waals surface area contributed by atoms with Crippen molar-refractivity contribution in [1.82, 2.24) is 9.80 Å². The number of rotatable bonds is 5. The molecule has 9 heteroatoms. The van der Waals surface area contributed by atoms with E-state index in [-0.39, 0.29) is 10.7 Å². The van der Waals surface area contributed by atoms with Crippen molar-refractivity contribution in [3.05, 3.63) is 65.2 Å². The maximum absolute atomic E-state index is 12.4. The minimum atomic E-state index is -0.463. The summed E-state index contributed by atoms with van der Waals surface area (Å²) in [6, 6.07) is 15.3. The van der Waals surface area contributed by atoms with Gasteiger partial charge in [-0.2, -0.15) is 0 Å². The third-order valence-corrected chi connectivity index (χ3v) is 6.22. The molecule has 32 heavy (non-hydrogen) atoms. The highest BCUT2D eigenvalue weighted by atomic mass is 32.2. The van der Waals surface area contributed by atoms with E-state index in [2.05, 4.69) is 9.99 Å². The molecule has 0 spiro atoms. The lowest BCUT2D eigenvalue weighted by Gasteiger charge is -2.31. The summed E-state index contributed by atoms with van der Waals surface area (Å²) < 4.78 is 0. The second-order valence-corrected chi connectivity index (χ2v) is 8.54. The molecule has 7 nitrogen and oxygen atoms in total. The summed E-state index contributed by atoms with van der Waals surface area (Å²) in [6.45, 7) is 3.07. The summed E-state index contributed by atoms with van der Waals surface area (Å²) in [5.41, 5.74) is 2.28. The van der Waals surface area contributed by atoms with Crippen molar-refractivity contribution in [3.63, 3.8) is 0 Å². The monoisotopic (exact) mass is 467 g/mol. The Balaban J connectivity index is 1.71. The van der Waals surface area contributed by atoms with Gasteiger partial charge in [-0.15, -0.1) is 0 Å². The SMILES string of the molecule is CC(=O)O/N=C(\C)c1ccc(Sc2ccc(C=C3C(=O)N(C)C(=S)N(C)C3=O)cc2)cc1. The molecule has 1 saturated heterocycles. The maximum atomic E-state index is 12.4. The van der Waals surface area contributed by atoms with Crippen molar-refractivity contribution >= 4 is 58.7 Å². The number of likely N-dealkylation sites (N-methyl/N-ethyl adjacent to an activating group) is 2. The first-order valence-electron chi connectivity index (χ1n) is 9.59. The maximum Gasteiger partial charge on any atom is 0.331 e. The Morgan fingerprint density at radius 3 is 1.94 bits per heavy atom. The third-order valence-electron chi connectivity index (χ3n) is 4.65. The Kier molecular flexibility index (Phi) is 7.22. The van der Waals surface area contributed by atoms with Crippen molar-refractivity contribution < 1.29 is 19.2 Å². The number of hydrogen-bond donors (Lipinski definition) is 0. The highest BCUT2D eigenvalue weighted by Crippen LogP contribution is 2.29. The Bertz CT molecular complexity index is 1110. The van der Waals surface area contributed by atoms with Crippen molar-refractivity contribution in [2.75, 3.05) is 14.1 Å². The molecule has 3 rings (SSSR count). The van der Waals surface area contributed by atoms with Gasteiger partial charge in [0.05, 0.1) is 5.71 Å². The molecule has 1 heterocycles. The summed E-state index contributed by atoms with van der Waals surface area (Å²) in [6.07, 6.45) is 1.58. The number of nitrogens with zero attached hydrogens (tertiary/aromatic N) is 3. The molecule has 0 radical (unpaired) electrons. The smallest absolute Gasteiger partial charge is 0.318 e. The van der Waals surface area contributed by atoms with Crippen molar-refractivity contribution in [2.24, 2.45) is 5.16 Å². The molecular weight excluding hydrogens is 446 g/mol. The number of oxime groups is 1. The van der Waals surface area contributed by atoms with Gasteiger partial charge in [0.15, 0.2) is 5.11 Å². The number of amides is 2. The zero-order valence-electron chi connectivity index (χ0n) is 18.0. The summed E-state index contributed by atoms with van der Waals surface area (Å²) >= 11 is 6.67. The Morgan fingerprint density at radius 1 is 0.938 bits per heavy atom. The van der Waals surface area contributed by atoms with E-state index in [4.69, 9.17) is 12.2 Å². The van der Waals surface area contributed by atoms with Crippen molar-refractivity contribution in [3.8, 4) is 0 Å². The lowest BCUT2D eigenvalue weighted by Crippen LogP contribution is -2.52. The van der Waals surface area contributed by atoms with Crippen LogP contribution in [0.1, 0.15) is 25.0 Å². The van der Waals surface area contributed by atoms with Crippen LogP contribution in [0.2, 0.25) is 0 Å². The molecular formula is C23H21N3O4S2. The molecule has 0 bridgehead atoms. The fourth-order valence-electron chi connectivity index (χ4n) is 2.86. The number of thiocarbonyl (C=S) groups is 1. The predicted molar refractivity (Wildman–Crippen MR) is 127 cm³/mol. The molecule has 0 unspecified atom stereocenters. The average molecular weight is 468 g/mol. The predicted octanol–water partition coefficient (Wildman–Crippen LogP) is 3.72. The standard InChI is InChI=1S/C23H21N3O4S2/c1-14(24-30-15(2)27)17-7-11-19(12-8-17)32-18-9-5-16(6-10-18)13-20-21(28)25(3)23(31)26(4)22(20)29/h5-13H,1-4H3/b24-14+. The number of carbonyl (C=O) groups is 3. The van der Waals surface area contributed by atoms with Crippen LogP contribution in [0, 0.1) is 0 Å². The van der Waals surface area contributed by atoms with Gasteiger partial charge in [-0.3, -0.25) is 19.4 Å². The average Bonchev–Trinajstić information content (AvgIpc) is 2.79. The summed E-state index contributed by atoms with van der Waals surface area (Å²) in [5, 5.41) is 3.97. The molecule has 0 atom stereocenters. The van der Waals surface area contributed by atoms with Gasteiger partial charge in [0.2, 0.25) is 0 Å². The highest BCUT2D eigenvalue weighted by molar-refractivity contribution is 7.99. The van der Waals surface area contributed by atoms with Crippen LogP contribution >= 0.6 is 24.0 Å². The summed E-state index contributed by atoms with van der Waals surface area (Å²) in [5.74, 6) is -1.29. The lowest BCUT2D eigenvalue weighted by atomic mass is 10.1. The molecule has 1 aliphatic heterocycles.